The lowest BCUT2D eigenvalue weighted by atomic mass is 10.1. The predicted octanol–water partition coefficient (Wildman–Crippen LogP) is 3.99. The maximum Gasteiger partial charge on any atom is 0.250 e. The predicted molar refractivity (Wildman–Crippen MR) is 110 cm³/mol. The minimum atomic E-state index is -0.260. The molecule has 0 aliphatic heterocycles. The molecule has 2 aromatic carbocycles. The zero-order valence-corrected chi connectivity index (χ0v) is 16.1. The van der Waals surface area contributed by atoms with E-state index in [9.17, 15) is 4.79 Å². The Morgan fingerprint density at radius 3 is 2.38 bits per heavy atom. The van der Waals surface area contributed by atoms with Crippen molar-refractivity contribution in [2.75, 3.05) is 0 Å². The number of benzene rings is 2. The largest absolute Gasteiger partial charge is 0.491 e. The van der Waals surface area contributed by atoms with Crippen molar-refractivity contribution in [3.8, 4) is 5.75 Å². The van der Waals surface area contributed by atoms with Crippen molar-refractivity contribution >= 4 is 29.3 Å². The van der Waals surface area contributed by atoms with E-state index in [4.69, 9.17) is 17.0 Å². The van der Waals surface area contributed by atoms with Crippen LogP contribution in [0.1, 0.15) is 30.5 Å². The fourth-order valence-corrected chi connectivity index (χ4v) is 2.36. The first-order chi connectivity index (χ1) is 12.4. The molecule has 2 rings (SSSR count). The van der Waals surface area contributed by atoms with Crippen molar-refractivity contribution in [2.45, 2.75) is 33.4 Å². The molecule has 0 bridgehead atoms. The number of carbonyl (C=O) groups is 1. The summed E-state index contributed by atoms with van der Waals surface area (Å²) in [5.41, 5.74) is 3.20. The maximum absolute atomic E-state index is 11.9. The zero-order valence-electron chi connectivity index (χ0n) is 15.3. The average Bonchev–Trinajstić information content (AvgIpc) is 2.60. The van der Waals surface area contributed by atoms with Gasteiger partial charge < -0.3 is 10.1 Å². The summed E-state index contributed by atoms with van der Waals surface area (Å²) in [5, 5.41) is 5.96. The van der Waals surface area contributed by atoms with E-state index in [1.54, 1.807) is 6.08 Å². The first-order valence-corrected chi connectivity index (χ1v) is 8.92. The molecule has 0 atom stereocenters. The molecule has 0 aliphatic rings. The second-order valence-electron chi connectivity index (χ2n) is 6.23. The molecule has 0 saturated carbocycles. The van der Waals surface area contributed by atoms with Gasteiger partial charge in [-0.15, -0.1) is 0 Å². The highest BCUT2D eigenvalue weighted by Gasteiger charge is 2.02. The summed E-state index contributed by atoms with van der Waals surface area (Å²) < 4.78 is 5.61. The SMILES string of the molecule is Cc1ccc(/C=C/C(=O)NC(=S)NCc2ccc(OC(C)C)cc2)cc1. The third-order valence-electron chi connectivity index (χ3n) is 3.49. The number of ether oxygens (including phenoxy) is 1. The number of amides is 1. The van der Waals surface area contributed by atoms with Crippen molar-refractivity contribution < 1.29 is 9.53 Å². The van der Waals surface area contributed by atoms with Crippen molar-refractivity contribution in [3.63, 3.8) is 0 Å². The monoisotopic (exact) mass is 368 g/mol. The lowest BCUT2D eigenvalue weighted by molar-refractivity contribution is -0.115. The highest BCUT2D eigenvalue weighted by Crippen LogP contribution is 2.13. The van der Waals surface area contributed by atoms with Gasteiger partial charge in [-0.2, -0.15) is 0 Å². The van der Waals surface area contributed by atoms with Gasteiger partial charge in [0.1, 0.15) is 5.75 Å². The van der Waals surface area contributed by atoms with Crippen molar-refractivity contribution in [1.82, 2.24) is 10.6 Å². The van der Waals surface area contributed by atoms with Crippen LogP contribution in [0.2, 0.25) is 0 Å². The van der Waals surface area contributed by atoms with Gasteiger partial charge in [0.05, 0.1) is 6.10 Å². The smallest absolute Gasteiger partial charge is 0.250 e. The normalized spacial score (nSPS) is 10.8. The maximum atomic E-state index is 11.9. The molecular weight excluding hydrogens is 344 g/mol. The van der Waals surface area contributed by atoms with Gasteiger partial charge in [-0.3, -0.25) is 10.1 Å². The van der Waals surface area contributed by atoms with Crippen LogP contribution in [0, 0.1) is 6.92 Å². The summed E-state index contributed by atoms with van der Waals surface area (Å²) in [6, 6.07) is 15.7. The molecule has 26 heavy (non-hydrogen) atoms. The second-order valence-corrected chi connectivity index (χ2v) is 6.63. The summed E-state index contributed by atoms with van der Waals surface area (Å²) in [7, 11) is 0. The third-order valence-corrected chi connectivity index (χ3v) is 3.74. The first kappa shape index (κ1) is 19.7. The number of hydrogen-bond acceptors (Lipinski definition) is 3. The quantitative estimate of drug-likeness (QED) is 0.598. The van der Waals surface area contributed by atoms with E-state index >= 15 is 0 Å². The Balaban J connectivity index is 1.77. The minimum absolute atomic E-state index is 0.148. The molecule has 0 heterocycles. The molecule has 4 nitrogen and oxygen atoms in total. The summed E-state index contributed by atoms with van der Waals surface area (Å²) in [4.78, 5) is 11.9. The van der Waals surface area contributed by atoms with Crippen LogP contribution in [0.5, 0.6) is 5.75 Å². The Morgan fingerprint density at radius 1 is 1.12 bits per heavy atom. The van der Waals surface area contributed by atoms with Gasteiger partial charge in [0.25, 0.3) is 0 Å². The van der Waals surface area contributed by atoms with Crippen LogP contribution >= 0.6 is 12.2 Å². The lowest BCUT2D eigenvalue weighted by Gasteiger charge is -2.11. The molecule has 0 radical (unpaired) electrons. The first-order valence-electron chi connectivity index (χ1n) is 8.51. The van der Waals surface area contributed by atoms with Crippen molar-refractivity contribution in [2.24, 2.45) is 0 Å². The van der Waals surface area contributed by atoms with E-state index in [1.807, 2.05) is 69.3 Å². The molecule has 0 fully saturated rings. The number of hydrogen-bond donors (Lipinski definition) is 2. The summed E-state index contributed by atoms with van der Waals surface area (Å²) in [6.45, 7) is 6.53. The third kappa shape index (κ3) is 7.07. The van der Waals surface area contributed by atoms with Gasteiger partial charge in [-0.25, -0.2) is 0 Å². The molecule has 0 spiro atoms. The van der Waals surface area contributed by atoms with Crippen molar-refractivity contribution in [1.29, 1.82) is 0 Å². The van der Waals surface area contributed by atoms with Gasteiger partial charge in [0.2, 0.25) is 5.91 Å². The molecular formula is C21H24N2O2S. The van der Waals surface area contributed by atoms with E-state index in [0.717, 1.165) is 16.9 Å². The highest BCUT2D eigenvalue weighted by molar-refractivity contribution is 7.80. The topological polar surface area (TPSA) is 50.4 Å². The molecule has 136 valence electrons. The fourth-order valence-electron chi connectivity index (χ4n) is 2.19. The molecule has 0 aliphatic carbocycles. The standard InChI is InChI=1S/C21H24N2O2S/c1-15(2)25-19-11-8-18(9-12-19)14-22-21(26)23-20(24)13-10-17-6-4-16(3)5-7-17/h4-13,15H,14H2,1-3H3,(H2,22,23,24,26)/b13-10+. The average molecular weight is 369 g/mol. The fraction of sp³-hybridized carbons (Fsp3) is 0.238. The van der Waals surface area contributed by atoms with Crippen LogP contribution in [0.15, 0.2) is 54.6 Å². The number of thiocarbonyl (C=S) groups is 1. The number of aryl methyl sites for hydroxylation is 1. The van der Waals surface area contributed by atoms with Gasteiger partial charge in [0.15, 0.2) is 5.11 Å². The Labute approximate surface area is 160 Å². The second kappa shape index (κ2) is 9.73. The molecule has 1 amide bonds. The van der Waals surface area contributed by atoms with E-state index in [0.29, 0.717) is 11.7 Å². The molecule has 2 aromatic rings. The van der Waals surface area contributed by atoms with Crippen LogP contribution < -0.4 is 15.4 Å². The highest BCUT2D eigenvalue weighted by atomic mass is 32.1. The van der Waals surface area contributed by atoms with Gasteiger partial charge in [-0.1, -0.05) is 42.0 Å². The Hall–Kier alpha value is -2.66. The van der Waals surface area contributed by atoms with Crippen LogP contribution in [-0.4, -0.2) is 17.1 Å². The zero-order chi connectivity index (χ0) is 18.9. The van der Waals surface area contributed by atoms with Crippen LogP contribution in [0.25, 0.3) is 6.08 Å². The Morgan fingerprint density at radius 2 is 1.77 bits per heavy atom. The summed E-state index contributed by atoms with van der Waals surface area (Å²) >= 11 is 5.16. The minimum Gasteiger partial charge on any atom is -0.491 e. The number of rotatable bonds is 6. The van der Waals surface area contributed by atoms with E-state index < -0.39 is 0 Å². The van der Waals surface area contributed by atoms with Gasteiger partial charge in [-0.05, 0) is 62.3 Å². The van der Waals surface area contributed by atoms with Gasteiger partial charge >= 0.3 is 0 Å². The summed E-state index contributed by atoms with van der Waals surface area (Å²) in [5.74, 6) is 0.574. The van der Waals surface area contributed by atoms with E-state index in [1.165, 1.54) is 11.6 Å². The van der Waals surface area contributed by atoms with Crippen molar-refractivity contribution in [3.05, 3.63) is 71.3 Å². The summed E-state index contributed by atoms with van der Waals surface area (Å²) in [6.07, 6.45) is 3.37. The molecule has 0 aromatic heterocycles. The van der Waals surface area contributed by atoms with Gasteiger partial charge in [0, 0.05) is 12.6 Å². The van der Waals surface area contributed by atoms with E-state index in [2.05, 4.69) is 10.6 Å². The molecule has 5 heteroatoms. The van der Waals surface area contributed by atoms with E-state index in [-0.39, 0.29) is 12.0 Å². The molecule has 2 N–H and O–H groups in total. The number of carbonyl (C=O) groups excluding carboxylic acids is 1. The Kier molecular flexibility index (Phi) is 7.36. The Bertz CT molecular complexity index is 766. The van der Waals surface area contributed by atoms with Crippen LogP contribution in [0.4, 0.5) is 0 Å². The number of nitrogens with one attached hydrogen (secondary N) is 2. The van der Waals surface area contributed by atoms with Crippen LogP contribution in [0.3, 0.4) is 0 Å². The lowest BCUT2D eigenvalue weighted by Crippen LogP contribution is -2.37. The van der Waals surface area contributed by atoms with Crippen LogP contribution in [-0.2, 0) is 11.3 Å². The molecule has 0 saturated heterocycles. The molecule has 0 unspecified atom stereocenters.